The number of imidazole rings is 1. The van der Waals surface area contributed by atoms with E-state index in [1.165, 1.54) is 5.56 Å². The Balaban J connectivity index is 1.45. The quantitative estimate of drug-likeness (QED) is 0.530. The SMILES string of the molecule is CCN(CCc1nc2ccc(C)cc2[nH]1)C(=O)NCCCc1nn[nH]n1. The molecular formula is C17H24N8O. The van der Waals surface area contributed by atoms with Crippen LogP contribution in [0.15, 0.2) is 18.2 Å². The molecule has 3 aromatic rings. The minimum absolute atomic E-state index is 0.0624. The fourth-order valence-electron chi connectivity index (χ4n) is 2.78. The van der Waals surface area contributed by atoms with Crippen molar-refractivity contribution in [2.24, 2.45) is 0 Å². The number of hydrogen-bond donors (Lipinski definition) is 3. The Morgan fingerprint density at radius 2 is 2.19 bits per heavy atom. The highest BCUT2D eigenvalue weighted by atomic mass is 16.2. The molecule has 0 bridgehead atoms. The Bertz CT molecular complexity index is 842. The fraction of sp³-hybridized carbons (Fsp3) is 0.471. The van der Waals surface area contributed by atoms with Gasteiger partial charge in [0, 0.05) is 32.5 Å². The molecule has 9 heteroatoms. The van der Waals surface area contributed by atoms with Crippen LogP contribution in [0.2, 0.25) is 0 Å². The molecule has 138 valence electrons. The molecule has 0 aliphatic rings. The second-order valence-corrected chi connectivity index (χ2v) is 6.20. The summed E-state index contributed by atoms with van der Waals surface area (Å²) in [5.74, 6) is 1.56. The van der Waals surface area contributed by atoms with Crippen LogP contribution in [0.5, 0.6) is 0 Å². The highest BCUT2D eigenvalue weighted by Crippen LogP contribution is 2.13. The van der Waals surface area contributed by atoms with E-state index < -0.39 is 0 Å². The van der Waals surface area contributed by atoms with Gasteiger partial charge < -0.3 is 15.2 Å². The summed E-state index contributed by atoms with van der Waals surface area (Å²) < 4.78 is 0. The van der Waals surface area contributed by atoms with Crippen LogP contribution in [-0.2, 0) is 12.8 Å². The maximum absolute atomic E-state index is 12.3. The maximum Gasteiger partial charge on any atom is 0.317 e. The number of aromatic amines is 2. The Labute approximate surface area is 151 Å². The number of nitrogens with one attached hydrogen (secondary N) is 3. The average Bonchev–Trinajstić information content (AvgIpc) is 3.28. The Morgan fingerprint density at radius 1 is 1.31 bits per heavy atom. The molecule has 0 aliphatic heterocycles. The number of carbonyl (C=O) groups is 1. The lowest BCUT2D eigenvalue weighted by Crippen LogP contribution is -2.41. The molecule has 26 heavy (non-hydrogen) atoms. The lowest BCUT2D eigenvalue weighted by molar-refractivity contribution is 0.201. The van der Waals surface area contributed by atoms with Crippen molar-refractivity contribution in [2.45, 2.75) is 33.1 Å². The Hall–Kier alpha value is -2.97. The van der Waals surface area contributed by atoms with E-state index in [0.717, 1.165) is 23.3 Å². The first-order valence-corrected chi connectivity index (χ1v) is 8.86. The molecule has 0 unspecified atom stereocenters. The van der Waals surface area contributed by atoms with Crippen LogP contribution in [0, 0.1) is 6.92 Å². The molecule has 9 nitrogen and oxygen atoms in total. The van der Waals surface area contributed by atoms with E-state index in [1.807, 2.05) is 19.1 Å². The first kappa shape index (κ1) is 17.8. The number of aromatic nitrogens is 6. The van der Waals surface area contributed by atoms with Crippen molar-refractivity contribution < 1.29 is 4.79 Å². The number of tetrazole rings is 1. The third-order valence-corrected chi connectivity index (χ3v) is 4.22. The molecule has 0 radical (unpaired) electrons. The van der Waals surface area contributed by atoms with E-state index in [0.29, 0.717) is 38.3 Å². The standard InChI is InChI=1S/C17H24N8O/c1-3-25(17(26)18-9-4-5-16-21-23-24-22-16)10-8-15-19-13-7-6-12(2)11-14(13)20-15/h6-7,11H,3-5,8-10H2,1-2H3,(H,18,26)(H,19,20)(H,21,22,23,24). The topological polar surface area (TPSA) is 115 Å². The maximum atomic E-state index is 12.3. The first-order valence-electron chi connectivity index (χ1n) is 8.86. The summed E-state index contributed by atoms with van der Waals surface area (Å²) >= 11 is 0. The van der Waals surface area contributed by atoms with Gasteiger partial charge >= 0.3 is 6.03 Å². The number of rotatable bonds is 8. The zero-order valence-electron chi connectivity index (χ0n) is 15.1. The molecule has 0 fully saturated rings. The minimum Gasteiger partial charge on any atom is -0.342 e. The molecule has 3 rings (SSSR count). The molecule has 0 saturated carbocycles. The van der Waals surface area contributed by atoms with Crippen molar-refractivity contribution in [3.8, 4) is 0 Å². The van der Waals surface area contributed by atoms with Crippen LogP contribution in [0.1, 0.15) is 30.6 Å². The molecule has 0 aliphatic carbocycles. The van der Waals surface area contributed by atoms with Crippen LogP contribution in [0.3, 0.4) is 0 Å². The number of aryl methyl sites for hydroxylation is 2. The normalized spacial score (nSPS) is 11.0. The zero-order valence-corrected chi connectivity index (χ0v) is 15.1. The van der Waals surface area contributed by atoms with Crippen molar-refractivity contribution in [3.05, 3.63) is 35.4 Å². The molecule has 0 saturated heterocycles. The van der Waals surface area contributed by atoms with Gasteiger partial charge in [0.05, 0.1) is 11.0 Å². The summed E-state index contributed by atoms with van der Waals surface area (Å²) in [4.78, 5) is 22.0. The van der Waals surface area contributed by atoms with Gasteiger partial charge in [-0.3, -0.25) is 0 Å². The van der Waals surface area contributed by atoms with Gasteiger partial charge in [0.1, 0.15) is 5.82 Å². The molecule has 0 atom stereocenters. The lowest BCUT2D eigenvalue weighted by atomic mass is 10.2. The van der Waals surface area contributed by atoms with E-state index in [-0.39, 0.29) is 6.03 Å². The number of carbonyl (C=O) groups excluding carboxylic acids is 1. The minimum atomic E-state index is -0.0624. The van der Waals surface area contributed by atoms with Gasteiger partial charge in [-0.05, 0) is 38.0 Å². The Kier molecular flexibility index (Phi) is 5.77. The second kappa shape index (κ2) is 8.41. The van der Waals surface area contributed by atoms with Crippen molar-refractivity contribution in [3.63, 3.8) is 0 Å². The van der Waals surface area contributed by atoms with Crippen LogP contribution in [-0.4, -0.2) is 61.2 Å². The van der Waals surface area contributed by atoms with Gasteiger partial charge in [0.2, 0.25) is 0 Å². The number of amides is 2. The van der Waals surface area contributed by atoms with Gasteiger partial charge in [-0.25, -0.2) is 9.78 Å². The Morgan fingerprint density at radius 3 is 2.96 bits per heavy atom. The van der Waals surface area contributed by atoms with E-state index in [2.05, 4.69) is 48.9 Å². The molecule has 1 aromatic carbocycles. The van der Waals surface area contributed by atoms with Crippen molar-refractivity contribution in [1.29, 1.82) is 0 Å². The van der Waals surface area contributed by atoms with Crippen LogP contribution < -0.4 is 5.32 Å². The predicted octanol–water partition coefficient (Wildman–Crippen LogP) is 1.59. The van der Waals surface area contributed by atoms with E-state index >= 15 is 0 Å². The van der Waals surface area contributed by atoms with Crippen LogP contribution in [0.25, 0.3) is 11.0 Å². The van der Waals surface area contributed by atoms with Gasteiger partial charge in [-0.1, -0.05) is 11.3 Å². The number of H-pyrrole nitrogens is 2. The molecule has 2 amide bonds. The summed E-state index contributed by atoms with van der Waals surface area (Å²) in [7, 11) is 0. The van der Waals surface area contributed by atoms with Crippen molar-refractivity contribution in [2.75, 3.05) is 19.6 Å². The van der Waals surface area contributed by atoms with Gasteiger partial charge in [-0.2, -0.15) is 5.21 Å². The third kappa shape index (κ3) is 4.56. The number of likely N-dealkylation sites (N-methyl/N-ethyl adjacent to an activating group) is 1. The zero-order chi connectivity index (χ0) is 18.4. The highest BCUT2D eigenvalue weighted by molar-refractivity contribution is 5.76. The van der Waals surface area contributed by atoms with Crippen LogP contribution >= 0.6 is 0 Å². The number of benzene rings is 1. The lowest BCUT2D eigenvalue weighted by Gasteiger charge is -2.20. The molecule has 3 N–H and O–H groups in total. The number of fused-ring (bicyclic) bond motifs is 1. The van der Waals surface area contributed by atoms with Gasteiger partial charge in [0.15, 0.2) is 5.82 Å². The largest absolute Gasteiger partial charge is 0.342 e. The van der Waals surface area contributed by atoms with Gasteiger partial charge in [-0.15, -0.1) is 10.2 Å². The van der Waals surface area contributed by atoms with Crippen molar-refractivity contribution in [1.82, 2.24) is 40.8 Å². The monoisotopic (exact) mass is 356 g/mol. The summed E-state index contributed by atoms with van der Waals surface area (Å²) in [6, 6.07) is 6.08. The number of urea groups is 1. The summed E-state index contributed by atoms with van der Waals surface area (Å²) in [6.45, 7) is 5.87. The third-order valence-electron chi connectivity index (χ3n) is 4.22. The van der Waals surface area contributed by atoms with E-state index in [1.54, 1.807) is 4.90 Å². The number of nitrogens with zero attached hydrogens (tertiary/aromatic N) is 5. The highest BCUT2D eigenvalue weighted by Gasteiger charge is 2.12. The predicted molar refractivity (Wildman–Crippen MR) is 97.7 cm³/mol. The van der Waals surface area contributed by atoms with Gasteiger partial charge in [0.25, 0.3) is 0 Å². The molecule has 2 heterocycles. The van der Waals surface area contributed by atoms with E-state index in [9.17, 15) is 4.79 Å². The molecule has 0 spiro atoms. The summed E-state index contributed by atoms with van der Waals surface area (Å²) in [5, 5.41) is 16.6. The average molecular weight is 356 g/mol. The smallest absolute Gasteiger partial charge is 0.317 e. The van der Waals surface area contributed by atoms with Crippen molar-refractivity contribution >= 4 is 17.1 Å². The van der Waals surface area contributed by atoms with Crippen LogP contribution in [0.4, 0.5) is 4.79 Å². The fourth-order valence-corrected chi connectivity index (χ4v) is 2.78. The second-order valence-electron chi connectivity index (χ2n) is 6.20. The summed E-state index contributed by atoms with van der Waals surface area (Å²) in [6.07, 6.45) is 2.14. The molecule has 2 aromatic heterocycles. The summed E-state index contributed by atoms with van der Waals surface area (Å²) in [5.41, 5.74) is 3.19. The number of hydrogen-bond acceptors (Lipinski definition) is 5. The van der Waals surface area contributed by atoms with E-state index in [4.69, 9.17) is 0 Å². The first-order chi connectivity index (χ1) is 12.7. The molecular weight excluding hydrogens is 332 g/mol.